The molecule has 0 spiro atoms. The van der Waals surface area contributed by atoms with Crippen molar-refractivity contribution in [1.82, 2.24) is 19.9 Å². The topological polar surface area (TPSA) is 62.1 Å². The van der Waals surface area contributed by atoms with Crippen LogP contribution < -0.4 is 4.90 Å². The summed E-state index contributed by atoms with van der Waals surface area (Å²) in [6, 6.07) is 0. The summed E-state index contributed by atoms with van der Waals surface area (Å²) in [6.45, 7) is 8.16. The van der Waals surface area contributed by atoms with E-state index in [-0.39, 0.29) is 0 Å². The Balaban J connectivity index is 2.20. The number of H-pyrrole nitrogens is 1. The monoisotopic (exact) mass is 310 g/mol. The Bertz CT molecular complexity index is 634. The third-order valence-electron chi connectivity index (χ3n) is 2.88. The number of hydrogen-bond acceptors (Lipinski definition) is 6. The molecule has 6 nitrogen and oxygen atoms in total. The summed E-state index contributed by atoms with van der Waals surface area (Å²) in [6.07, 6.45) is 4.38. The minimum Gasteiger partial charge on any atom is -0.349 e. The first-order chi connectivity index (χ1) is 9.69. The molecule has 0 aliphatic rings. The van der Waals surface area contributed by atoms with E-state index in [1.165, 1.54) is 0 Å². The van der Waals surface area contributed by atoms with Gasteiger partial charge in [-0.2, -0.15) is 14.9 Å². The maximum absolute atomic E-state index is 5.15. The zero-order valence-electron chi connectivity index (χ0n) is 11.8. The van der Waals surface area contributed by atoms with E-state index in [9.17, 15) is 0 Å². The molecule has 1 N–H and O–H groups in total. The third kappa shape index (κ3) is 3.13. The molecule has 108 valence electrons. The lowest BCUT2D eigenvalue weighted by atomic mass is 10.5. The molecule has 0 atom stereocenters. The van der Waals surface area contributed by atoms with Gasteiger partial charge in [0.15, 0.2) is 11.0 Å². The van der Waals surface area contributed by atoms with E-state index in [2.05, 4.69) is 39.0 Å². The average Bonchev–Trinajstić information content (AvgIpc) is 3.05. The van der Waals surface area contributed by atoms with Crippen LogP contribution in [-0.4, -0.2) is 39.2 Å². The van der Waals surface area contributed by atoms with Gasteiger partial charge in [0.2, 0.25) is 4.77 Å². The molecule has 0 bridgehead atoms. The summed E-state index contributed by atoms with van der Waals surface area (Å²) in [4.78, 5) is 7.63. The molecule has 0 fully saturated rings. The Kier molecular flexibility index (Phi) is 5.02. The minimum absolute atomic E-state index is 0.506. The average molecular weight is 310 g/mol. The fourth-order valence-electron chi connectivity index (χ4n) is 1.76. The van der Waals surface area contributed by atoms with Crippen molar-refractivity contribution in [1.29, 1.82) is 0 Å². The summed E-state index contributed by atoms with van der Waals surface area (Å²) in [7, 11) is 0. The Morgan fingerprint density at radius 1 is 1.45 bits per heavy atom. The van der Waals surface area contributed by atoms with Gasteiger partial charge < -0.3 is 4.90 Å². The molecule has 8 heteroatoms. The molecule has 0 saturated heterocycles. The number of nitrogens with one attached hydrogen (secondary N) is 1. The summed E-state index contributed by atoms with van der Waals surface area (Å²) in [5.74, 6) is 0.819. The van der Waals surface area contributed by atoms with Crippen molar-refractivity contribution in [2.24, 2.45) is 5.10 Å². The molecule has 2 rings (SSSR count). The Morgan fingerprint density at radius 3 is 2.85 bits per heavy atom. The Hall–Kier alpha value is -1.54. The first-order valence-corrected chi connectivity index (χ1v) is 7.83. The largest absolute Gasteiger partial charge is 0.349 e. The number of anilines is 1. The first kappa shape index (κ1) is 14.9. The van der Waals surface area contributed by atoms with Crippen LogP contribution >= 0.6 is 23.6 Å². The molecule has 0 unspecified atom stereocenters. The van der Waals surface area contributed by atoms with Crippen molar-refractivity contribution in [3.8, 4) is 0 Å². The fourth-order valence-corrected chi connectivity index (χ4v) is 2.87. The van der Waals surface area contributed by atoms with E-state index in [0.29, 0.717) is 4.77 Å². The highest BCUT2D eigenvalue weighted by Gasteiger charge is 2.07. The molecule has 2 heterocycles. The lowest BCUT2D eigenvalue weighted by Crippen LogP contribution is -2.21. The normalized spacial score (nSPS) is 11.3. The van der Waals surface area contributed by atoms with Crippen LogP contribution in [0, 0.1) is 4.77 Å². The first-order valence-electron chi connectivity index (χ1n) is 6.61. The van der Waals surface area contributed by atoms with Crippen LogP contribution in [0.5, 0.6) is 0 Å². The quantitative estimate of drug-likeness (QED) is 0.658. The molecule has 2 aromatic heterocycles. The minimum atomic E-state index is 0.506. The van der Waals surface area contributed by atoms with Crippen LogP contribution in [0.4, 0.5) is 5.13 Å². The van der Waals surface area contributed by atoms with Gasteiger partial charge in [0.25, 0.3) is 0 Å². The molecule has 0 radical (unpaired) electrons. The van der Waals surface area contributed by atoms with E-state index in [1.54, 1.807) is 22.2 Å². The van der Waals surface area contributed by atoms with Gasteiger partial charge >= 0.3 is 0 Å². The van der Waals surface area contributed by atoms with E-state index in [1.807, 2.05) is 13.1 Å². The summed E-state index contributed by atoms with van der Waals surface area (Å²) >= 11 is 6.77. The van der Waals surface area contributed by atoms with Crippen LogP contribution in [0.3, 0.4) is 0 Å². The van der Waals surface area contributed by atoms with Crippen molar-refractivity contribution < 1.29 is 0 Å². The maximum Gasteiger partial charge on any atom is 0.216 e. The van der Waals surface area contributed by atoms with E-state index in [4.69, 9.17) is 12.2 Å². The lowest BCUT2D eigenvalue weighted by Gasteiger charge is -2.16. The van der Waals surface area contributed by atoms with Gasteiger partial charge in [-0.25, -0.2) is 4.98 Å². The second kappa shape index (κ2) is 6.76. The fraction of sp³-hybridized carbons (Fsp3) is 0.500. The molecule has 0 amide bonds. The number of nitrogens with zero attached hydrogens (tertiary/aromatic N) is 5. The number of hydrogen-bond donors (Lipinski definition) is 1. The summed E-state index contributed by atoms with van der Waals surface area (Å²) in [5.41, 5.74) is 0. The van der Waals surface area contributed by atoms with Crippen molar-refractivity contribution in [3.63, 3.8) is 0 Å². The summed E-state index contributed by atoms with van der Waals surface area (Å²) in [5, 5.41) is 12.3. The highest BCUT2D eigenvalue weighted by molar-refractivity contribution is 7.71. The SMILES string of the molecule is CCc1n[nH]c(=S)n1/N=C\c1cnc(N(CC)CC)s1. The molecule has 2 aromatic rings. The third-order valence-corrected chi connectivity index (χ3v) is 4.14. The highest BCUT2D eigenvalue weighted by Crippen LogP contribution is 2.20. The van der Waals surface area contributed by atoms with Crippen LogP contribution in [-0.2, 0) is 6.42 Å². The molecule has 0 saturated carbocycles. The highest BCUT2D eigenvalue weighted by atomic mass is 32.1. The van der Waals surface area contributed by atoms with Gasteiger partial charge in [-0.1, -0.05) is 18.3 Å². The van der Waals surface area contributed by atoms with Crippen LogP contribution in [0.25, 0.3) is 0 Å². The zero-order valence-corrected chi connectivity index (χ0v) is 13.5. The zero-order chi connectivity index (χ0) is 14.5. The van der Waals surface area contributed by atoms with Gasteiger partial charge in [0.05, 0.1) is 11.1 Å². The Morgan fingerprint density at radius 2 is 2.20 bits per heavy atom. The molecular formula is C12H18N6S2. The van der Waals surface area contributed by atoms with Crippen molar-refractivity contribution in [2.75, 3.05) is 18.0 Å². The summed E-state index contributed by atoms with van der Waals surface area (Å²) < 4.78 is 2.15. The van der Waals surface area contributed by atoms with Gasteiger partial charge in [-0.05, 0) is 26.1 Å². The van der Waals surface area contributed by atoms with Crippen LogP contribution in [0.1, 0.15) is 31.5 Å². The van der Waals surface area contributed by atoms with Gasteiger partial charge in [-0.3, -0.25) is 5.10 Å². The van der Waals surface area contributed by atoms with Gasteiger partial charge in [-0.15, -0.1) is 0 Å². The lowest BCUT2D eigenvalue weighted by molar-refractivity contribution is 0.780. The maximum atomic E-state index is 5.15. The number of aromatic amines is 1. The molecule has 0 aliphatic heterocycles. The van der Waals surface area contributed by atoms with E-state index >= 15 is 0 Å². The second-order valence-electron chi connectivity index (χ2n) is 4.07. The van der Waals surface area contributed by atoms with E-state index in [0.717, 1.165) is 35.3 Å². The molecule has 0 aromatic carbocycles. The van der Waals surface area contributed by atoms with E-state index < -0.39 is 0 Å². The molecule has 20 heavy (non-hydrogen) atoms. The Labute approximate surface area is 127 Å². The number of aromatic nitrogens is 4. The number of rotatable bonds is 6. The number of thiazole rings is 1. The predicted octanol–water partition coefficient (Wildman–Crippen LogP) is 2.69. The smallest absolute Gasteiger partial charge is 0.216 e. The van der Waals surface area contributed by atoms with Crippen molar-refractivity contribution >= 4 is 34.9 Å². The number of aryl methyl sites for hydroxylation is 1. The van der Waals surface area contributed by atoms with Crippen LogP contribution in [0.15, 0.2) is 11.3 Å². The molecule has 0 aliphatic carbocycles. The van der Waals surface area contributed by atoms with Crippen molar-refractivity contribution in [2.45, 2.75) is 27.2 Å². The second-order valence-corrected chi connectivity index (χ2v) is 5.50. The molecular weight excluding hydrogens is 292 g/mol. The van der Waals surface area contributed by atoms with Gasteiger partial charge in [0.1, 0.15) is 0 Å². The predicted molar refractivity (Wildman–Crippen MR) is 85.5 cm³/mol. The van der Waals surface area contributed by atoms with Crippen LogP contribution in [0.2, 0.25) is 0 Å². The van der Waals surface area contributed by atoms with Gasteiger partial charge in [0, 0.05) is 25.7 Å². The van der Waals surface area contributed by atoms with Crippen molar-refractivity contribution in [3.05, 3.63) is 21.7 Å². The standard InChI is InChI=1S/C12H18N6S2/c1-4-10-15-16-11(19)18(10)14-8-9-7-13-12(20-9)17(5-2)6-3/h7-8H,4-6H2,1-3H3,(H,16,19)/b14-8-.